The summed E-state index contributed by atoms with van der Waals surface area (Å²) in [6.07, 6.45) is 3.61. The zero-order valence-corrected chi connectivity index (χ0v) is 12.0. The van der Waals surface area contributed by atoms with E-state index in [0.29, 0.717) is 22.9 Å². The van der Waals surface area contributed by atoms with E-state index in [0.717, 1.165) is 12.1 Å². The molecule has 0 aromatic heterocycles. The molecule has 0 aliphatic heterocycles. The summed E-state index contributed by atoms with van der Waals surface area (Å²) in [6, 6.07) is 4.99. The van der Waals surface area contributed by atoms with Gasteiger partial charge in [0.1, 0.15) is 0 Å². The Labute approximate surface area is 118 Å². The van der Waals surface area contributed by atoms with Crippen LogP contribution in [-0.2, 0) is 0 Å². The molecular formula is C14H19ClN2O2. The fraction of sp³-hybridized carbons (Fsp3) is 0.571. The van der Waals surface area contributed by atoms with Crippen LogP contribution in [0.15, 0.2) is 18.2 Å². The summed E-state index contributed by atoms with van der Waals surface area (Å²) < 4.78 is 0. The van der Waals surface area contributed by atoms with Gasteiger partial charge in [-0.3, -0.25) is 10.1 Å². The lowest BCUT2D eigenvalue weighted by molar-refractivity contribution is -0.384. The molecule has 1 saturated carbocycles. The largest absolute Gasteiger partial charge is 0.381 e. The van der Waals surface area contributed by atoms with Gasteiger partial charge in [0.15, 0.2) is 0 Å². The van der Waals surface area contributed by atoms with Crippen molar-refractivity contribution in [2.75, 3.05) is 5.32 Å². The van der Waals surface area contributed by atoms with E-state index >= 15 is 0 Å². The quantitative estimate of drug-likeness (QED) is 0.657. The summed E-state index contributed by atoms with van der Waals surface area (Å²) in [5.74, 6) is 1.28. The van der Waals surface area contributed by atoms with E-state index in [-0.39, 0.29) is 5.69 Å². The molecule has 1 aromatic carbocycles. The minimum atomic E-state index is -0.430. The first-order chi connectivity index (χ1) is 8.99. The second-order valence-electron chi connectivity index (χ2n) is 5.44. The van der Waals surface area contributed by atoms with Crippen molar-refractivity contribution in [3.05, 3.63) is 33.3 Å². The summed E-state index contributed by atoms with van der Waals surface area (Å²) >= 11 is 6.11. The molecule has 5 heteroatoms. The number of anilines is 1. The Bertz CT molecular complexity index is 479. The van der Waals surface area contributed by atoms with Crippen molar-refractivity contribution in [2.45, 2.75) is 39.2 Å². The molecule has 19 heavy (non-hydrogen) atoms. The highest BCUT2D eigenvalue weighted by Crippen LogP contribution is 2.34. The summed E-state index contributed by atoms with van der Waals surface area (Å²) in [7, 11) is 0. The second kappa shape index (κ2) is 5.78. The maximum atomic E-state index is 10.7. The van der Waals surface area contributed by atoms with E-state index in [2.05, 4.69) is 19.2 Å². The molecule has 3 atom stereocenters. The summed E-state index contributed by atoms with van der Waals surface area (Å²) in [6.45, 7) is 4.52. The lowest BCUT2D eigenvalue weighted by atomic mass is 9.78. The zero-order chi connectivity index (χ0) is 14.0. The van der Waals surface area contributed by atoms with Crippen molar-refractivity contribution in [3.8, 4) is 0 Å². The molecule has 1 aromatic rings. The Morgan fingerprint density at radius 2 is 2.11 bits per heavy atom. The van der Waals surface area contributed by atoms with Crippen molar-refractivity contribution in [1.29, 1.82) is 0 Å². The van der Waals surface area contributed by atoms with Crippen molar-refractivity contribution in [2.24, 2.45) is 11.8 Å². The Hall–Kier alpha value is -1.29. The lowest BCUT2D eigenvalue weighted by Crippen LogP contribution is -2.35. The Kier molecular flexibility index (Phi) is 4.30. The van der Waals surface area contributed by atoms with Gasteiger partial charge in [0, 0.05) is 18.2 Å². The molecular weight excluding hydrogens is 264 g/mol. The highest BCUT2D eigenvalue weighted by Gasteiger charge is 2.27. The molecule has 0 bridgehead atoms. The van der Waals surface area contributed by atoms with Gasteiger partial charge in [0.05, 0.1) is 15.6 Å². The Balaban J connectivity index is 2.12. The maximum Gasteiger partial charge on any atom is 0.271 e. The number of hydrogen-bond acceptors (Lipinski definition) is 3. The predicted octanol–water partition coefficient (Wildman–Crippen LogP) is 4.48. The van der Waals surface area contributed by atoms with Gasteiger partial charge in [-0.05, 0) is 24.3 Å². The minimum absolute atomic E-state index is 0.0283. The van der Waals surface area contributed by atoms with Gasteiger partial charge in [-0.15, -0.1) is 0 Å². The minimum Gasteiger partial charge on any atom is -0.381 e. The van der Waals surface area contributed by atoms with Crippen molar-refractivity contribution >= 4 is 23.0 Å². The van der Waals surface area contributed by atoms with Gasteiger partial charge in [0.2, 0.25) is 0 Å². The van der Waals surface area contributed by atoms with Crippen molar-refractivity contribution in [1.82, 2.24) is 0 Å². The van der Waals surface area contributed by atoms with Crippen molar-refractivity contribution in [3.63, 3.8) is 0 Å². The average molecular weight is 283 g/mol. The highest BCUT2D eigenvalue weighted by atomic mass is 35.5. The predicted molar refractivity (Wildman–Crippen MR) is 77.7 cm³/mol. The third-order valence-corrected chi connectivity index (χ3v) is 4.52. The highest BCUT2D eigenvalue weighted by molar-refractivity contribution is 6.33. The van der Waals surface area contributed by atoms with Crippen LogP contribution in [0.1, 0.15) is 33.1 Å². The molecule has 0 amide bonds. The number of rotatable bonds is 3. The monoisotopic (exact) mass is 282 g/mol. The first-order valence-electron chi connectivity index (χ1n) is 6.69. The fourth-order valence-corrected chi connectivity index (χ4v) is 2.95. The van der Waals surface area contributed by atoms with Crippen LogP contribution in [0.25, 0.3) is 0 Å². The van der Waals surface area contributed by atoms with Crippen LogP contribution in [0, 0.1) is 22.0 Å². The van der Waals surface area contributed by atoms with E-state index in [1.165, 1.54) is 25.0 Å². The SMILES string of the molecule is C[C@@H]1[C@H](C)CCC[C@H]1Nc1ccc([N+](=O)[O-])cc1Cl. The normalized spacial score (nSPS) is 27.0. The first-order valence-corrected chi connectivity index (χ1v) is 7.07. The zero-order valence-electron chi connectivity index (χ0n) is 11.2. The third-order valence-electron chi connectivity index (χ3n) is 4.21. The van der Waals surface area contributed by atoms with Crippen LogP contribution >= 0.6 is 11.6 Å². The van der Waals surface area contributed by atoms with Crippen LogP contribution in [0.3, 0.4) is 0 Å². The molecule has 2 rings (SSSR count). The van der Waals surface area contributed by atoms with Crippen LogP contribution < -0.4 is 5.32 Å². The Morgan fingerprint density at radius 1 is 1.37 bits per heavy atom. The summed E-state index contributed by atoms with van der Waals surface area (Å²) in [4.78, 5) is 10.2. The second-order valence-corrected chi connectivity index (χ2v) is 5.85. The maximum absolute atomic E-state index is 10.7. The van der Waals surface area contributed by atoms with Gasteiger partial charge in [0.25, 0.3) is 5.69 Å². The molecule has 1 N–H and O–H groups in total. The van der Waals surface area contributed by atoms with Crippen LogP contribution in [0.5, 0.6) is 0 Å². The van der Waals surface area contributed by atoms with Gasteiger partial charge < -0.3 is 5.32 Å². The van der Waals surface area contributed by atoms with E-state index < -0.39 is 4.92 Å². The number of hydrogen-bond donors (Lipinski definition) is 1. The molecule has 0 saturated heterocycles. The van der Waals surface area contributed by atoms with Crippen molar-refractivity contribution < 1.29 is 4.92 Å². The number of nitro benzene ring substituents is 1. The molecule has 4 nitrogen and oxygen atoms in total. The molecule has 1 aliphatic carbocycles. The number of non-ortho nitro benzene ring substituents is 1. The van der Waals surface area contributed by atoms with Gasteiger partial charge in [-0.1, -0.05) is 38.3 Å². The van der Waals surface area contributed by atoms with Gasteiger partial charge in [-0.25, -0.2) is 0 Å². The summed E-state index contributed by atoms with van der Waals surface area (Å²) in [5.41, 5.74) is 0.818. The molecule has 104 valence electrons. The molecule has 1 fully saturated rings. The number of nitro groups is 1. The van der Waals surface area contributed by atoms with E-state index in [1.807, 2.05) is 0 Å². The first kappa shape index (κ1) is 14.1. The molecule has 0 spiro atoms. The average Bonchev–Trinajstić information content (AvgIpc) is 2.37. The van der Waals surface area contributed by atoms with Crippen LogP contribution in [-0.4, -0.2) is 11.0 Å². The van der Waals surface area contributed by atoms with E-state index in [4.69, 9.17) is 11.6 Å². The van der Waals surface area contributed by atoms with Crippen LogP contribution in [0.4, 0.5) is 11.4 Å². The number of nitrogens with zero attached hydrogens (tertiary/aromatic N) is 1. The molecule has 1 aliphatic rings. The topological polar surface area (TPSA) is 55.2 Å². The lowest BCUT2D eigenvalue weighted by Gasteiger charge is -2.35. The summed E-state index contributed by atoms with van der Waals surface area (Å²) in [5, 5.41) is 14.5. The number of halogens is 1. The van der Waals surface area contributed by atoms with E-state index in [9.17, 15) is 10.1 Å². The van der Waals surface area contributed by atoms with Gasteiger partial charge in [-0.2, -0.15) is 0 Å². The standard InChI is InChI=1S/C14H19ClN2O2/c1-9-4-3-5-13(10(9)2)16-14-7-6-11(17(18)19)8-12(14)15/h6-10,13,16H,3-5H2,1-2H3/t9-,10-,13-/m1/s1. The number of benzene rings is 1. The molecule has 0 radical (unpaired) electrons. The van der Waals surface area contributed by atoms with Gasteiger partial charge >= 0.3 is 0 Å². The Morgan fingerprint density at radius 3 is 2.74 bits per heavy atom. The number of nitrogens with one attached hydrogen (secondary N) is 1. The fourth-order valence-electron chi connectivity index (χ4n) is 2.72. The molecule has 0 unspecified atom stereocenters. The van der Waals surface area contributed by atoms with E-state index in [1.54, 1.807) is 6.07 Å². The van der Waals surface area contributed by atoms with Crippen LogP contribution in [0.2, 0.25) is 5.02 Å². The molecule has 0 heterocycles. The smallest absolute Gasteiger partial charge is 0.271 e. The third kappa shape index (κ3) is 3.18.